The molecule has 0 saturated carbocycles. The number of rotatable bonds is 6. The molecule has 1 N–H and O–H groups in total. The highest BCUT2D eigenvalue weighted by Gasteiger charge is 2.20. The fourth-order valence-corrected chi connectivity index (χ4v) is 2.72. The molecule has 3 aromatic rings. The molecule has 5 heteroatoms. The quantitative estimate of drug-likeness (QED) is 0.519. The van der Waals surface area contributed by atoms with Gasteiger partial charge in [0.25, 0.3) is 5.69 Å². The maximum atomic E-state index is 11.5. The number of benzene rings is 3. The number of methoxy groups -OCH3 is 1. The van der Waals surface area contributed by atoms with E-state index < -0.39 is 4.92 Å². The molecule has 0 saturated heterocycles. The van der Waals surface area contributed by atoms with E-state index in [2.05, 4.69) is 5.32 Å². The van der Waals surface area contributed by atoms with E-state index in [0.717, 1.165) is 11.1 Å². The minimum Gasteiger partial charge on any atom is -0.496 e. The smallest absolute Gasteiger partial charge is 0.296 e. The lowest BCUT2D eigenvalue weighted by Gasteiger charge is -2.21. The van der Waals surface area contributed by atoms with E-state index in [9.17, 15) is 10.1 Å². The van der Waals surface area contributed by atoms with Crippen LogP contribution in [0.1, 0.15) is 17.2 Å². The first-order valence-electron chi connectivity index (χ1n) is 7.88. The van der Waals surface area contributed by atoms with Crippen LogP contribution in [0.3, 0.4) is 0 Å². The van der Waals surface area contributed by atoms with Gasteiger partial charge in [0.05, 0.1) is 24.1 Å². The highest BCUT2D eigenvalue weighted by atomic mass is 16.6. The fraction of sp³-hybridized carbons (Fsp3) is 0.100. The third kappa shape index (κ3) is 3.77. The van der Waals surface area contributed by atoms with Gasteiger partial charge in [-0.2, -0.15) is 0 Å². The molecule has 0 aliphatic heterocycles. The number of nitro groups is 1. The van der Waals surface area contributed by atoms with Gasteiger partial charge in [0, 0.05) is 0 Å². The van der Waals surface area contributed by atoms with Gasteiger partial charge in [0.15, 0.2) is 0 Å². The maximum absolute atomic E-state index is 11.5. The van der Waals surface area contributed by atoms with Crippen LogP contribution in [-0.2, 0) is 0 Å². The zero-order chi connectivity index (χ0) is 17.6. The zero-order valence-corrected chi connectivity index (χ0v) is 13.8. The van der Waals surface area contributed by atoms with Crippen LogP contribution in [0, 0.1) is 10.1 Å². The first-order chi connectivity index (χ1) is 12.2. The van der Waals surface area contributed by atoms with Crippen molar-refractivity contribution in [3.05, 3.63) is 100 Å². The Balaban J connectivity index is 2.03. The second-order valence-electron chi connectivity index (χ2n) is 5.54. The summed E-state index contributed by atoms with van der Waals surface area (Å²) in [5.74, 6) is 0.452. The molecule has 0 fully saturated rings. The van der Waals surface area contributed by atoms with Gasteiger partial charge in [-0.25, -0.2) is 0 Å². The Morgan fingerprint density at radius 3 is 1.96 bits per heavy atom. The summed E-state index contributed by atoms with van der Waals surface area (Å²) in [5, 5.41) is 14.8. The Kier molecular flexibility index (Phi) is 4.95. The number of anilines is 1. The molecule has 0 aromatic heterocycles. The summed E-state index contributed by atoms with van der Waals surface area (Å²) in [7, 11) is 1.49. The van der Waals surface area contributed by atoms with Gasteiger partial charge >= 0.3 is 0 Å². The molecule has 5 nitrogen and oxygen atoms in total. The lowest BCUT2D eigenvalue weighted by Crippen LogP contribution is -2.13. The number of nitrogens with zero attached hydrogens (tertiary/aromatic N) is 1. The second-order valence-corrected chi connectivity index (χ2v) is 5.54. The molecule has 0 heterocycles. The van der Waals surface area contributed by atoms with Gasteiger partial charge in [-0.15, -0.1) is 0 Å². The Labute approximate surface area is 146 Å². The first kappa shape index (κ1) is 16.5. The molecule has 3 aromatic carbocycles. The van der Waals surface area contributed by atoms with E-state index in [1.165, 1.54) is 13.2 Å². The van der Waals surface area contributed by atoms with Gasteiger partial charge in [-0.1, -0.05) is 60.7 Å². The molecule has 0 aliphatic carbocycles. The molecule has 126 valence electrons. The average Bonchev–Trinajstić information content (AvgIpc) is 2.67. The fourth-order valence-electron chi connectivity index (χ4n) is 2.72. The van der Waals surface area contributed by atoms with Crippen molar-refractivity contribution < 1.29 is 9.66 Å². The monoisotopic (exact) mass is 334 g/mol. The average molecular weight is 334 g/mol. The Bertz CT molecular complexity index is 812. The van der Waals surface area contributed by atoms with Gasteiger partial charge in [0.2, 0.25) is 0 Å². The van der Waals surface area contributed by atoms with Crippen molar-refractivity contribution in [1.82, 2.24) is 0 Å². The van der Waals surface area contributed by atoms with Crippen molar-refractivity contribution in [2.45, 2.75) is 6.04 Å². The zero-order valence-electron chi connectivity index (χ0n) is 13.8. The van der Waals surface area contributed by atoms with Crippen molar-refractivity contribution in [2.75, 3.05) is 12.4 Å². The molecule has 3 rings (SSSR count). The van der Waals surface area contributed by atoms with E-state index >= 15 is 0 Å². The molecule has 25 heavy (non-hydrogen) atoms. The third-order valence-electron chi connectivity index (χ3n) is 3.97. The van der Waals surface area contributed by atoms with Gasteiger partial charge in [-0.3, -0.25) is 10.1 Å². The van der Waals surface area contributed by atoms with Crippen LogP contribution in [0.25, 0.3) is 0 Å². The van der Waals surface area contributed by atoms with Crippen molar-refractivity contribution in [3.8, 4) is 5.75 Å². The molecule has 0 amide bonds. The Hall–Kier alpha value is -3.34. The molecule has 0 radical (unpaired) electrons. The summed E-state index contributed by atoms with van der Waals surface area (Å²) in [6, 6.07) is 24.3. The number of hydrogen-bond acceptors (Lipinski definition) is 4. The number of ether oxygens (including phenoxy) is 1. The van der Waals surface area contributed by atoms with E-state index in [-0.39, 0.29) is 11.7 Å². The lowest BCUT2D eigenvalue weighted by molar-refractivity contribution is -0.384. The summed E-state index contributed by atoms with van der Waals surface area (Å²) in [6.45, 7) is 0. The van der Waals surface area contributed by atoms with E-state index in [1.807, 2.05) is 60.7 Å². The summed E-state index contributed by atoms with van der Waals surface area (Å²) in [6.07, 6.45) is 0. The van der Waals surface area contributed by atoms with Crippen molar-refractivity contribution >= 4 is 11.4 Å². The molecule has 0 spiro atoms. The van der Waals surface area contributed by atoms with E-state index in [4.69, 9.17) is 4.74 Å². The maximum Gasteiger partial charge on any atom is 0.296 e. The van der Waals surface area contributed by atoms with Crippen LogP contribution in [0.2, 0.25) is 0 Å². The minimum atomic E-state index is -0.405. The molecule has 0 bridgehead atoms. The highest BCUT2D eigenvalue weighted by molar-refractivity contribution is 5.65. The third-order valence-corrected chi connectivity index (χ3v) is 3.97. The van der Waals surface area contributed by atoms with Gasteiger partial charge in [0.1, 0.15) is 11.4 Å². The molecular formula is C20H18N2O3. The number of nitrogens with one attached hydrogen (secondary N) is 1. The van der Waals surface area contributed by atoms with Crippen LogP contribution in [-0.4, -0.2) is 12.0 Å². The standard InChI is InChI=1S/C20H18N2O3/c1-25-17-12-13-18(19(14-17)22(23)24)21-20(15-8-4-2-5-9-15)16-10-6-3-7-11-16/h2-14,20-21H,1H3. The summed E-state index contributed by atoms with van der Waals surface area (Å²) >= 11 is 0. The van der Waals surface area contributed by atoms with Crippen LogP contribution in [0.15, 0.2) is 78.9 Å². The van der Waals surface area contributed by atoms with Crippen molar-refractivity contribution in [2.24, 2.45) is 0 Å². The van der Waals surface area contributed by atoms with Crippen molar-refractivity contribution in [3.63, 3.8) is 0 Å². The second kappa shape index (κ2) is 7.49. The van der Waals surface area contributed by atoms with Crippen LogP contribution in [0.4, 0.5) is 11.4 Å². The van der Waals surface area contributed by atoms with Gasteiger partial charge < -0.3 is 10.1 Å². The number of hydrogen-bond donors (Lipinski definition) is 1. The largest absolute Gasteiger partial charge is 0.496 e. The molecule has 0 atom stereocenters. The Morgan fingerprint density at radius 1 is 0.920 bits per heavy atom. The summed E-state index contributed by atoms with van der Waals surface area (Å²) in [5.41, 5.74) is 2.48. The minimum absolute atomic E-state index is 0.0174. The van der Waals surface area contributed by atoms with Crippen LogP contribution in [0.5, 0.6) is 5.75 Å². The highest BCUT2D eigenvalue weighted by Crippen LogP contribution is 2.34. The number of nitro benzene ring substituents is 1. The van der Waals surface area contributed by atoms with Crippen LogP contribution >= 0.6 is 0 Å². The van der Waals surface area contributed by atoms with E-state index in [0.29, 0.717) is 11.4 Å². The van der Waals surface area contributed by atoms with E-state index in [1.54, 1.807) is 12.1 Å². The lowest BCUT2D eigenvalue weighted by atomic mass is 9.98. The topological polar surface area (TPSA) is 64.4 Å². The van der Waals surface area contributed by atoms with Crippen LogP contribution < -0.4 is 10.1 Å². The first-order valence-corrected chi connectivity index (χ1v) is 7.88. The molecular weight excluding hydrogens is 316 g/mol. The summed E-state index contributed by atoms with van der Waals surface area (Å²) < 4.78 is 5.10. The summed E-state index contributed by atoms with van der Waals surface area (Å²) in [4.78, 5) is 11.0. The molecule has 0 aliphatic rings. The van der Waals surface area contributed by atoms with Crippen molar-refractivity contribution in [1.29, 1.82) is 0 Å². The Morgan fingerprint density at radius 2 is 1.48 bits per heavy atom. The molecule has 0 unspecified atom stereocenters. The SMILES string of the molecule is COc1ccc(NC(c2ccccc2)c2ccccc2)c([N+](=O)[O-])c1. The normalized spacial score (nSPS) is 10.5. The predicted molar refractivity (Wildman–Crippen MR) is 98.0 cm³/mol. The predicted octanol–water partition coefficient (Wildman–Crippen LogP) is 4.80. The van der Waals surface area contributed by atoms with Gasteiger partial charge in [-0.05, 0) is 23.3 Å².